The molecule has 0 bridgehead atoms. The Balaban J connectivity index is 1.92. The molecule has 0 spiro atoms. The van der Waals surface area contributed by atoms with Gasteiger partial charge in [0.15, 0.2) is 0 Å². The molecular formula is C18H20N2O2. The molecule has 1 saturated heterocycles. The van der Waals surface area contributed by atoms with Gasteiger partial charge >= 0.3 is 6.02 Å². The predicted molar refractivity (Wildman–Crippen MR) is 86.5 cm³/mol. The molecule has 0 N–H and O–H groups in total. The number of benzene rings is 2. The maximum Gasteiger partial charge on any atom is 0.320 e. The SMILES string of the molecule is CC(C)(C)N1OC(c2ccccc2)OC1=Nc1ccccc1. The molecule has 4 nitrogen and oxygen atoms in total. The minimum atomic E-state index is -0.470. The van der Waals surface area contributed by atoms with Crippen molar-refractivity contribution < 1.29 is 9.57 Å². The summed E-state index contributed by atoms with van der Waals surface area (Å²) in [5, 5.41) is 1.73. The summed E-state index contributed by atoms with van der Waals surface area (Å²) in [6.07, 6.45) is -0.470. The fourth-order valence-electron chi connectivity index (χ4n) is 2.17. The van der Waals surface area contributed by atoms with E-state index < -0.39 is 6.29 Å². The molecule has 1 aliphatic rings. The van der Waals surface area contributed by atoms with E-state index in [2.05, 4.69) is 25.8 Å². The zero-order valence-corrected chi connectivity index (χ0v) is 13.1. The first kappa shape index (κ1) is 14.6. The lowest BCUT2D eigenvalue weighted by molar-refractivity contribution is -0.194. The Kier molecular flexibility index (Phi) is 3.86. The summed E-state index contributed by atoms with van der Waals surface area (Å²) >= 11 is 0. The van der Waals surface area contributed by atoms with Crippen molar-refractivity contribution in [3.05, 3.63) is 66.2 Å². The summed E-state index contributed by atoms with van der Waals surface area (Å²) in [5.74, 6) is 0. The van der Waals surface area contributed by atoms with Crippen LogP contribution in [0.3, 0.4) is 0 Å². The van der Waals surface area contributed by atoms with Gasteiger partial charge in [-0.25, -0.2) is 4.84 Å². The minimum absolute atomic E-state index is 0.253. The second-order valence-corrected chi connectivity index (χ2v) is 6.16. The summed E-state index contributed by atoms with van der Waals surface area (Å²) < 4.78 is 5.94. The number of para-hydroxylation sites is 1. The highest BCUT2D eigenvalue weighted by atomic mass is 16.9. The van der Waals surface area contributed by atoms with E-state index in [1.165, 1.54) is 0 Å². The Hall–Kier alpha value is -2.33. The number of rotatable bonds is 2. The molecule has 1 aliphatic heterocycles. The molecule has 1 fully saturated rings. The Bertz CT molecular complexity index is 648. The number of ether oxygens (including phenoxy) is 1. The van der Waals surface area contributed by atoms with E-state index in [1.807, 2.05) is 60.7 Å². The summed E-state index contributed by atoms with van der Waals surface area (Å²) in [6, 6.07) is 20.1. The normalized spacial score (nSPS) is 20.2. The van der Waals surface area contributed by atoms with Crippen molar-refractivity contribution in [2.45, 2.75) is 32.6 Å². The van der Waals surface area contributed by atoms with Crippen LogP contribution in [0.5, 0.6) is 0 Å². The maximum atomic E-state index is 5.98. The van der Waals surface area contributed by atoms with Gasteiger partial charge in [0, 0.05) is 5.56 Å². The number of amidine groups is 1. The second-order valence-electron chi connectivity index (χ2n) is 6.16. The number of aliphatic imine (C=N–C) groups is 1. The van der Waals surface area contributed by atoms with Crippen LogP contribution < -0.4 is 0 Å². The molecule has 22 heavy (non-hydrogen) atoms. The van der Waals surface area contributed by atoms with Gasteiger partial charge in [-0.3, -0.25) is 0 Å². The van der Waals surface area contributed by atoms with Gasteiger partial charge in [0.25, 0.3) is 6.29 Å². The fourth-order valence-corrected chi connectivity index (χ4v) is 2.17. The molecule has 1 unspecified atom stereocenters. The molecule has 2 aromatic rings. The van der Waals surface area contributed by atoms with Gasteiger partial charge in [-0.1, -0.05) is 48.5 Å². The molecule has 1 atom stereocenters. The van der Waals surface area contributed by atoms with Crippen molar-refractivity contribution in [3.63, 3.8) is 0 Å². The van der Waals surface area contributed by atoms with Gasteiger partial charge in [-0.15, -0.1) is 0 Å². The first-order valence-corrected chi connectivity index (χ1v) is 7.36. The first-order chi connectivity index (χ1) is 10.5. The molecule has 0 radical (unpaired) electrons. The second kappa shape index (κ2) is 5.81. The molecule has 0 aliphatic carbocycles. The van der Waals surface area contributed by atoms with Crippen LogP contribution in [0.2, 0.25) is 0 Å². The lowest BCUT2D eigenvalue weighted by Crippen LogP contribution is -2.41. The van der Waals surface area contributed by atoms with E-state index >= 15 is 0 Å². The number of hydroxylamine groups is 2. The topological polar surface area (TPSA) is 34.1 Å². The van der Waals surface area contributed by atoms with Crippen LogP contribution >= 0.6 is 0 Å². The zero-order valence-electron chi connectivity index (χ0n) is 13.1. The van der Waals surface area contributed by atoms with Crippen LogP contribution in [0.1, 0.15) is 32.6 Å². The number of nitrogens with zero attached hydrogens (tertiary/aromatic N) is 2. The molecule has 114 valence electrons. The van der Waals surface area contributed by atoms with Crippen LogP contribution in [0.15, 0.2) is 65.7 Å². The zero-order chi connectivity index (χ0) is 15.6. The molecule has 0 amide bonds. The van der Waals surface area contributed by atoms with Gasteiger partial charge in [0.05, 0.1) is 11.2 Å². The van der Waals surface area contributed by atoms with Gasteiger partial charge in [-0.2, -0.15) is 10.1 Å². The van der Waals surface area contributed by atoms with Crippen LogP contribution in [-0.2, 0) is 9.57 Å². The minimum Gasteiger partial charge on any atom is -0.427 e. The highest BCUT2D eigenvalue weighted by Gasteiger charge is 2.39. The Morgan fingerprint density at radius 3 is 2.09 bits per heavy atom. The molecule has 0 aromatic heterocycles. The molecule has 4 heteroatoms. The third-order valence-corrected chi connectivity index (χ3v) is 3.25. The average molecular weight is 296 g/mol. The smallest absolute Gasteiger partial charge is 0.320 e. The quantitative estimate of drug-likeness (QED) is 0.822. The van der Waals surface area contributed by atoms with E-state index in [-0.39, 0.29) is 5.54 Å². The molecular weight excluding hydrogens is 276 g/mol. The van der Waals surface area contributed by atoms with Gasteiger partial charge in [-0.05, 0) is 32.9 Å². The molecule has 1 heterocycles. The van der Waals surface area contributed by atoms with E-state index in [1.54, 1.807) is 5.06 Å². The lowest BCUT2D eigenvalue weighted by atomic mass is 10.1. The predicted octanol–water partition coefficient (Wildman–Crippen LogP) is 4.44. The largest absolute Gasteiger partial charge is 0.427 e. The van der Waals surface area contributed by atoms with Crippen LogP contribution in [0, 0.1) is 0 Å². The molecule has 3 rings (SSSR count). The average Bonchev–Trinajstić information content (AvgIpc) is 2.93. The Labute approximate surface area is 131 Å². The third kappa shape index (κ3) is 3.12. The summed E-state index contributed by atoms with van der Waals surface area (Å²) in [4.78, 5) is 10.6. The van der Waals surface area contributed by atoms with Crippen molar-refractivity contribution in [3.8, 4) is 0 Å². The molecule has 0 saturated carbocycles. The van der Waals surface area contributed by atoms with E-state index in [9.17, 15) is 0 Å². The van der Waals surface area contributed by atoms with Crippen molar-refractivity contribution >= 4 is 11.7 Å². The van der Waals surface area contributed by atoms with Crippen molar-refractivity contribution in [1.82, 2.24) is 5.06 Å². The Morgan fingerprint density at radius 2 is 1.50 bits per heavy atom. The van der Waals surface area contributed by atoms with Crippen molar-refractivity contribution in [1.29, 1.82) is 0 Å². The lowest BCUT2D eigenvalue weighted by Gasteiger charge is -2.28. The third-order valence-electron chi connectivity index (χ3n) is 3.25. The monoisotopic (exact) mass is 296 g/mol. The van der Waals surface area contributed by atoms with Crippen LogP contribution in [0.4, 0.5) is 5.69 Å². The highest BCUT2D eigenvalue weighted by molar-refractivity contribution is 5.78. The number of hydrogen-bond donors (Lipinski definition) is 0. The summed E-state index contributed by atoms with van der Waals surface area (Å²) in [6.45, 7) is 6.18. The van der Waals surface area contributed by atoms with Gasteiger partial charge in [0.1, 0.15) is 0 Å². The fraction of sp³-hybridized carbons (Fsp3) is 0.278. The highest BCUT2D eigenvalue weighted by Crippen LogP contribution is 2.33. The van der Waals surface area contributed by atoms with Gasteiger partial charge in [0.2, 0.25) is 0 Å². The first-order valence-electron chi connectivity index (χ1n) is 7.36. The van der Waals surface area contributed by atoms with Crippen molar-refractivity contribution in [2.75, 3.05) is 0 Å². The van der Waals surface area contributed by atoms with Gasteiger partial charge < -0.3 is 4.74 Å². The van der Waals surface area contributed by atoms with Crippen LogP contribution in [-0.4, -0.2) is 16.6 Å². The maximum absolute atomic E-state index is 5.98. The van der Waals surface area contributed by atoms with E-state index in [4.69, 9.17) is 9.57 Å². The standard InChI is InChI=1S/C18H20N2O2/c1-18(2,3)20-17(19-15-12-8-5-9-13-15)21-16(22-20)14-10-6-4-7-11-14/h4-13,16H,1-3H3. The Morgan fingerprint density at radius 1 is 0.909 bits per heavy atom. The number of hydrogen-bond acceptors (Lipinski definition) is 3. The van der Waals surface area contributed by atoms with E-state index in [0.717, 1.165) is 11.3 Å². The van der Waals surface area contributed by atoms with Crippen molar-refractivity contribution in [2.24, 2.45) is 4.99 Å². The van der Waals surface area contributed by atoms with E-state index in [0.29, 0.717) is 6.02 Å². The summed E-state index contributed by atoms with van der Waals surface area (Å²) in [7, 11) is 0. The molecule has 2 aromatic carbocycles. The van der Waals surface area contributed by atoms with Crippen LogP contribution in [0.25, 0.3) is 0 Å². The summed E-state index contributed by atoms with van der Waals surface area (Å²) in [5.41, 5.74) is 1.55.